The molecule has 0 atom stereocenters. The standard InChI is InChI=1S/C21H17N3O4/c25-20(16-5-3-9-22-11-16)23-12-15-4-1-2-6-17(15)24-21(26)14-7-8-18-19(10-14)28-13-27-18/h1-11H,12-13H2,(H,23,25)(H,24,26). The van der Waals surface area contributed by atoms with Crippen LogP contribution in [0.2, 0.25) is 0 Å². The summed E-state index contributed by atoms with van der Waals surface area (Å²) in [5.41, 5.74) is 2.34. The van der Waals surface area contributed by atoms with E-state index in [0.717, 1.165) is 5.56 Å². The Hall–Kier alpha value is -3.87. The van der Waals surface area contributed by atoms with Crippen LogP contribution >= 0.6 is 0 Å². The molecular weight excluding hydrogens is 358 g/mol. The number of amides is 2. The third-order valence-corrected chi connectivity index (χ3v) is 4.26. The number of hydrogen-bond donors (Lipinski definition) is 2. The molecule has 0 radical (unpaired) electrons. The first-order valence-electron chi connectivity index (χ1n) is 8.68. The lowest BCUT2D eigenvalue weighted by Crippen LogP contribution is -2.24. The predicted octanol–water partition coefficient (Wildman–Crippen LogP) is 2.99. The molecule has 1 aliphatic heterocycles. The molecule has 0 unspecified atom stereocenters. The topological polar surface area (TPSA) is 89.6 Å². The number of ether oxygens (including phenoxy) is 2. The van der Waals surface area contributed by atoms with Crippen LogP contribution < -0.4 is 20.1 Å². The van der Waals surface area contributed by atoms with Gasteiger partial charge in [0.2, 0.25) is 6.79 Å². The van der Waals surface area contributed by atoms with Crippen molar-refractivity contribution in [2.45, 2.75) is 6.54 Å². The van der Waals surface area contributed by atoms with E-state index >= 15 is 0 Å². The van der Waals surface area contributed by atoms with E-state index in [1.54, 1.807) is 42.6 Å². The van der Waals surface area contributed by atoms with E-state index in [9.17, 15) is 9.59 Å². The Labute approximate surface area is 161 Å². The highest BCUT2D eigenvalue weighted by molar-refractivity contribution is 6.05. The van der Waals surface area contributed by atoms with Gasteiger partial charge in [-0.25, -0.2) is 0 Å². The Bertz CT molecular complexity index is 1020. The number of pyridine rings is 1. The van der Waals surface area contributed by atoms with E-state index in [0.29, 0.717) is 28.3 Å². The van der Waals surface area contributed by atoms with Crippen LogP contribution in [-0.2, 0) is 6.54 Å². The molecule has 2 amide bonds. The van der Waals surface area contributed by atoms with E-state index in [1.165, 1.54) is 6.20 Å². The van der Waals surface area contributed by atoms with E-state index in [4.69, 9.17) is 9.47 Å². The molecule has 1 aliphatic rings. The molecule has 7 nitrogen and oxygen atoms in total. The van der Waals surface area contributed by atoms with Crippen molar-refractivity contribution in [2.24, 2.45) is 0 Å². The van der Waals surface area contributed by atoms with Gasteiger partial charge in [-0.3, -0.25) is 14.6 Å². The molecule has 7 heteroatoms. The zero-order valence-corrected chi connectivity index (χ0v) is 14.8. The molecule has 0 fully saturated rings. The minimum Gasteiger partial charge on any atom is -0.454 e. The third kappa shape index (κ3) is 3.78. The first-order valence-corrected chi connectivity index (χ1v) is 8.68. The van der Waals surface area contributed by atoms with Gasteiger partial charge >= 0.3 is 0 Å². The predicted molar refractivity (Wildman–Crippen MR) is 102 cm³/mol. The highest BCUT2D eigenvalue weighted by atomic mass is 16.7. The summed E-state index contributed by atoms with van der Waals surface area (Å²) < 4.78 is 10.6. The van der Waals surface area contributed by atoms with Crippen LogP contribution in [0.5, 0.6) is 11.5 Å². The van der Waals surface area contributed by atoms with Gasteiger partial charge in [-0.15, -0.1) is 0 Å². The van der Waals surface area contributed by atoms with Gasteiger partial charge in [-0.05, 0) is 42.0 Å². The Kier molecular flexibility index (Phi) is 4.88. The number of anilines is 1. The zero-order chi connectivity index (χ0) is 19.3. The molecule has 2 aromatic carbocycles. The van der Waals surface area contributed by atoms with Crippen LogP contribution in [0, 0.1) is 0 Å². The number of para-hydroxylation sites is 1. The van der Waals surface area contributed by atoms with Gasteiger partial charge in [-0.1, -0.05) is 18.2 Å². The van der Waals surface area contributed by atoms with Crippen molar-refractivity contribution in [2.75, 3.05) is 12.1 Å². The smallest absolute Gasteiger partial charge is 0.255 e. The lowest BCUT2D eigenvalue weighted by Gasteiger charge is -2.12. The van der Waals surface area contributed by atoms with Crippen molar-refractivity contribution in [3.8, 4) is 11.5 Å². The number of carbonyl (C=O) groups is 2. The van der Waals surface area contributed by atoms with Crippen molar-refractivity contribution in [1.29, 1.82) is 0 Å². The van der Waals surface area contributed by atoms with E-state index in [2.05, 4.69) is 15.6 Å². The van der Waals surface area contributed by atoms with Crippen LogP contribution in [0.1, 0.15) is 26.3 Å². The molecule has 140 valence electrons. The van der Waals surface area contributed by atoms with E-state index in [-0.39, 0.29) is 25.2 Å². The van der Waals surface area contributed by atoms with Crippen molar-refractivity contribution in [3.05, 3.63) is 83.7 Å². The number of fused-ring (bicyclic) bond motifs is 1. The minimum atomic E-state index is -0.274. The molecule has 0 spiro atoms. The molecule has 0 saturated heterocycles. The van der Waals surface area contributed by atoms with Gasteiger partial charge in [0.1, 0.15) is 0 Å². The number of nitrogens with one attached hydrogen (secondary N) is 2. The molecule has 0 bridgehead atoms. The molecule has 2 heterocycles. The van der Waals surface area contributed by atoms with Gasteiger partial charge in [-0.2, -0.15) is 0 Å². The van der Waals surface area contributed by atoms with Gasteiger partial charge in [0.25, 0.3) is 11.8 Å². The van der Waals surface area contributed by atoms with Crippen LogP contribution in [0.3, 0.4) is 0 Å². The molecule has 1 aromatic heterocycles. The van der Waals surface area contributed by atoms with Crippen molar-refractivity contribution < 1.29 is 19.1 Å². The van der Waals surface area contributed by atoms with Crippen molar-refractivity contribution in [3.63, 3.8) is 0 Å². The number of nitrogens with zero attached hydrogens (tertiary/aromatic N) is 1. The minimum absolute atomic E-state index is 0.153. The maximum Gasteiger partial charge on any atom is 0.255 e. The second-order valence-corrected chi connectivity index (χ2v) is 6.10. The van der Waals surface area contributed by atoms with Crippen LogP contribution in [0.15, 0.2) is 67.0 Å². The average Bonchev–Trinajstić information content (AvgIpc) is 3.21. The summed E-state index contributed by atoms with van der Waals surface area (Å²) in [5.74, 6) is 0.661. The number of hydrogen-bond acceptors (Lipinski definition) is 5. The molecule has 4 rings (SSSR count). The Morgan fingerprint density at radius 3 is 2.64 bits per heavy atom. The number of rotatable bonds is 5. The summed E-state index contributed by atoms with van der Waals surface area (Å²) in [5, 5.41) is 5.72. The zero-order valence-electron chi connectivity index (χ0n) is 14.8. The highest BCUT2D eigenvalue weighted by Gasteiger charge is 2.17. The largest absolute Gasteiger partial charge is 0.454 e. The van der Waals surface area contributed by atoms with Crippen LogP contribution in [0.4, 0.5) is 5.69 Å². The summed E-state index contributed by atoms with van der Waals surface area (Å²) in [4.78, 5) is 28.8. The molecule has 0 aliphatic carbocycles. The normalized spacial score (nSPS) is 11.7. The Morgan fingerprint density at radius 1 is 0.929 bits per heavy atom. The maximum atomic E-state index is 12.6. The monoisotopic (exact) mass is 375 g/mol. The van der Waals surface area contributed by atoms with Crippen LogP contribution in [0.25, 0.3) is 0 Å². The van der Waals surface area contributed by atoms with Crippen LogP contribution in [-0.4, -0.2) is 23.6 Å². The molecule has 28 heavy (non-hydrogen) atoms. The summed E-state index contributed by atoms with van der Waals surface area (Å²) in [6.07, 6.45) is 3.11. The highest BCUT2D eigenvalue weighted by Crippen LogP contribution is 2.32. The Balaban J connectivity index is 1.45. The summed E-state index contributed by atoms with van der Waals surface area (Å²) in [7, 11) is 0. The SMILES string of the molecule is O=C(NCc1ccccc1NC(=O)c1ccc2c(c1)OCO2)c1cccnc1. The quantitative estimate of drug-likeness (QED) is 0.716. The van der Waals surface area contributed by atoms with Gasteiger partial charge < -0.3 is 20.1 Å². The molecule has 3 aromatic rings. The van der Waals surface area contributed by atoms with Gasteiger partial charge in [0, 0.05) is 30.2 Å². The third-order valence-electron chi connectivity index (χ3n) is 4.26. The van der Waals surface area contributed by atoms with Gasteiger partial charge in [0.05, 0.1) is 5.56 Å². The number of carbonyl (C=O) groups excluding carboxylic acids is 2. The molecule has 0 saturated carbocycles. The van der Waals surface area contributed by atoms with E-state index in [1.807, 2.05) is 18.2 Å². The molecular formula is C21H17N3O4. The summed E-state index contributed by atoms with van der Waals surface area (Å²) in [6.45, 7) is 0.422. The Morgan fingerprint density at radius 2 is 1.79 bits per heavy atom. The number of benzene rings is 2. The lowest BCUT2D eigenvalue weighted by atomic mass is 10.1. The lowest BCUT2D eigenvalue weighted by molar-refractivity contribution is 0.0950. The summed E-state index contributed by atoms with van der Waals surface area (Å²) in [6, 6.07) is 15.7. The second-order valence-electron chi connectivity index (χ2n) is 6.10. The van der Waals surface area contributed by atoms with E-state index < -0.39 is 0 Å². The van der Waals surface area contributed by atoms with Gasteiger partial charge in [0.15, 0.2) is 11.5 Å². The first-order chi connectivity index (χ1) is 13.7. The average molecular weight is 375 g/mol. The number of aromatic nitrogens is 1. The summed E-state index contributed by atoms with van der Waals surface area (Å²) >= 11 is 0. The maximum absolute atomic E-state index is 12.6. The van der Waals surface area contributed by atoms with Crippen molar-refractivity contribution in [1.82, 2.24) is 10.3 Å². The second kappa shape index (κ2) is 7.79. The molecule has 2 N–H and O–H groups in total. The van der Waals surface area contributed by atoms with Crippen molar-refractivity contribution >= 4 is 17.5 Å². The fraction of sp³-hybridized carbons (Fsp3) is 0.0952. The first kappa shape index (κ1) is 17.5. The fourth-order valence-electron chi connectivity index (χ4n) is 2.80. The fourth-order valence-corrected chi connectivity index (χ4v) is 2.80.